The predicted molar refractivity (Wildman–Crippen MR) is 74.4 cm³/mol. The van der Waals surface area contributed by atoms with Crippen molar-refractivity contribution in [3.8, 4) is 0 Å². The normalized spacial score (nSPS) is 18.9. The molecule has 0 aliphatic carbocycles. The number of rotatable bonds is 4. The molecule has 1 aromatic carbocycles. The van der Waals surface area contributed by atoms with Gasteiger partial charge in [-0.25, -0.2) is 8.42 Å². The van der Waals surface area contributed by atoms with E-state index < -0.39 is 10.0 Å². The van der Waals surface area contributed by atoms with Gasteiger partial charge in [0.05, 0.1) is 17.1 Å². The highest BCUT2D eigenvalue weighted by atomic mass is 32.2. The van der Waals surface area contributed by atoms with Crippen molar-refractivity contribution in [3.63, 3.8) is 0 Å². The van der Waals surface area contributed by atoms with E-state index in [1.165, 1.54) is 0 Å². The first-order chi connectivity index (χ1) is 9.00. The van der Waals surface area contributed by atoms with Gasteiger partial charge in [0.25, 0.3) is 0 Å². The number of benzene rings is 1. The summed E-state index contributed by atoms with van der Waals surface area (Å²) < 4.78 is 32.1. The highest BCUT2D eigenvalue weighted by Gasteiger charge is 2.29. The highest BCUT2D eigenvalue weighted by molar-refractivity contribution is 7.89. The van der Waals surface area contributed by atoms with Crippen LogP contribution >= 0.6 is 0 Å². The Morgan fingerprint density at radius 3 is 2.26 bits per heavy atom. The average molecular weight is 283 g/mol. The van der Waals surface area contributed by atoms with Crippen LogP contribution in [0.1, 0.15) is 26.7 Å². The molecule has 1 aliphatic heterocycles. The van der Waals surface area contributed by atoms with Crippen molar-refractivity contribution in [3.05, 3.63) is 30.3 Å². The predicted octanol–water partition coefficient (Wildman–Crippen LogP) is 2.26. The molecule has 2 rings (SSSR count). The van der Waals surface area contributed by atoms with Crippen LogP contribution in [-0.4, -0.2) is 38.0 Å². The van der Waals surface area contributed by atoms with E-state index in [9.17, 15) is 8.42 Å². The van der Waals surface area contributed by atoms with Crippen molar-refractivity contribution in [2.45, 2.75) is 43.8 Å². The number of hydrogen-bond donors (Lipinski definition) is 0. The minimum absolute atomic E-state index is 0.183. The van der Waals surface area contributed by atoms with Crippen molar-refractivity contribution in [1.82, 2.24) is 4.31 Å². The van der Waals surface area contributed by atoms with Crippen LogP contribution in [0, 0.1) is 0 Å². The van der Waals surface area contributed by atoms with Crippen molar-refractivity contribution in [1.29, 1.82) is 0 Å². The molecule has 1 fully saturated rings. The van der Waals surface area contributed by atoms with E-state index in [0.29, 0.717) is 18.0 Å². The van der Waals surface area contributed by atoms with Crippen LogP contribution in [0.2, 0.25) is 0 Å². The Bertz CT molecular complexity index is 491. The van der Waals surface area contributed by atoms with E-state index in [1.54, 1.807) is 28.6 Å². The molecule has 0 spiro atoms. The first-order valence-electron chi connectivity index (χ1n) is 6.71. The molecule has 0 amide bonds. The third kappa shape index (κ3) is 3.55. The number of nitrogens with zero attached hydrogens (tertiary/aromatic N) is 1. The summed E-state index contributed by atoms with van der Waals surface area (Å²) >= 11 is 0. The summed E-state index contributed by atoms with van der Waals surface area (Å²) in [4.78, 5) is 0.373. The summed E-state index contributed by atoms with van der Waals surface area (Å²) in [6.45, 7) is 5.09. The zero-order chi connectivity index (χ0) is 13.9. The standard InChI is InChI=1S/C14H21NO3S/c1-12(2)18-13-8-10-15(11-9-13)19(16,17)14-6-4-3-5-7-14/h3-7,12-13H,8-11H2,1-2H3. The van der Waals surface area contributed by atoms with Gasteiger partial charge in [-0.3, -0.25) is 0 Å². The van der Waals surface area contributed by atoms with Crippen molar-refractivity contribution < 1.29 is 13.2 Å². The van der Waals surface area contributed by atoms with Crippen LogP contribution in [-0.2, 0) is 14.8 Å². The fraction of sp³-hybridized carbons (Fsp3) is 0.571. The lowest BCUT2D eigenvalue weighted by Gasteiger charge is -2.32. The fourth-order valence-electron chi connectivity index (χ4n) is 2.33. The van der Waals surface area contributed by atoms with Gasteiger partial charge < -0.3 is 4.74 Å². The van der Waals surface area contributed by atoms with Gasteiger partial charge in [0.2, 0.25) is 10.0 Å². The van der Waals surface area contributed by atoms with E-state index in [4.69, 9.17) is 4.74 Å². The molecule has 0 unspecified atom stereocenters. The Labute approximate surface area is 115 Å². The highest BCUT2D eigenvalue weighted by Crippen LogP contribution is 2.22. The molecule has 1 aliphatic rings. The molecular formula is C14H21NO3S. The summed E-state index contributed by atoms with van der Waals surface area (Å²) in [7, 11) is -3.34. The topological polar surface area (TPSA) is 46.6 Å². The summed E-state index contributed by atoms with van der Waals surface area (Å²) in [5, 5.41) is 0. The third-order valence-corrected chi connectivity index (χ3v) is 5.16. The Hall–Kier alpha value is -0.910. The summed E-state index contributed by atoms with van der Waals surface area (Å²) in [6.07, 6.45) is 1.92. The molecule has 0 saturated carbocycles. The van der Waals surface area contributed by atoms with Gasteiger partial charge in [-0.2, -0.15) is 4.31 Å². The molecule has 1 aromatic rings. The van der Waals surface area contributed by atoms with Gasteiger partial charge >= 0.3 is 0 Å². The van der Waals surface area contributed by atoms with E-state index >= 15 is 0 Å². The lowest BCUT2D eigenvalue weighted by Crippen LogP contribution is -2.41. The Morgan fingerprint density at radius 1 is 1.16 bits per heavy atom. The van der Waals surface area contributed by atoms with Crippen LogP contribution in [0.3, 0.4) is 0 Å². The summed E-state index contributed by atoms with van der Waals surface area (Å²) in [6, 6.07) is 8.61. The molecule has 0 N–H and O–H groups in total. The van der Waals surface area contributed by atoms with E-state index in [1.807, 2.05) is 19.9 Å². The first-order valence-corrected chi connectivity index (χ1v) is 8.15. The van der Waals surface area contributed by atoms with Crippen LogP contribution in [0.5, 0.6) is 0 Å². The molecular weight excluding hydrogens is 262 g/mol. The third-order valence-electron chi connectivity index (χ3n) is 3.25. The van der Waals surface area contributed by atoms with Crippen LogP contribution in [0.25, 0.3) is 0 Å². The van der Waals surface area contributed by atoms with Crippen LogP contribution < -0.4 is 0 Å². The average Bonchev–Trinajstić information content (AvgIpc) is 2.40. The van der Waals surface area contributed by atoms with Crippen molar-refractivity contribution in [2.75, 3.05) is 13.1 Å². The second kappa shape index (κ2) is 6.03. The number of hydrogen-bond acceptors (Lipinski definition) is 3. The molecule has 1 heterocycles. The number of ether oxygens (including phenoxy) is 1. The molecule has 1 saturated heterocycles. The van der Waals surface area contributed by atoms with Gasteiger partial charge in [0.15, 0.2) is 0 Å². The second-order valence-electron chi connectivity index (χ2n) is 5.10. The zero-order valence-corrected chi connectivity index (χ0v) is 12.3. The largest absolute Gasteiger partial charge is 0.375 e. The van der Waals surface area contributed by atoms with Gasteiger partial charge in [-0.05, 0) is 38.8 Å². The fourth-order valence-corrected chi connectivity index (χ4v) is 3.83. The molecule has 0 atom stereocenters. The lowest BCUT2D eigenvalue weighted by atomic mass is 10.1. The maximum absolute atomic E-state index is 12.4. The molecule has 19 heavy (non-hydrogen) atoms. The van der Waals surface area contributed by atoms with Crippen molar-refractivity contribution >= 4 is 10.0 Å². The Balaban J connectivity index is 2.01. The minimum atomic E-state index is -3.34. The van der Waals surface area contributed by atoms with E-state index in [2.05, 4.69) is 0 Å². The summed E-state index contributed by atoms with van der Waals surface area (Å²) in [5.74, 6) is 0. The van der Waals surface area contributed by atoms with Gasteiger partial charge in [-0.15, -0.1) is 0 Å². The number of piperidine rings is 1. The first kappa shape index (κ1) is 14.5. The van der Waals surface area contributed by atoms with Crippen molar-refractivity contribution in [2.24, 2.45) is 0 Å². The van der Waals surface area contributed by atoms with E-state index in [-0.39, 0.29) is 12.2 Å². The van der Waals surface area contributed by atoms with Gasteiger partial charge in [0.1, 0.15) is 0 Å². The molecule has 0 aromatic heterocycles. The molecule has 0 bridgehead atoms. The Kier molecular flexibility index (Phi) is 4.60. The second-order valence-corrected chi connectivity index (χ2v) is 7.04. The Morgan fingerprint density at radius 2 is 1.74 bits per heavy atom. The van der Waals surface area contributed by atoms with Gasteiger partial charge in [-0.1, -0.05) is 18.2 Å². The van der Waals surface area contributed by atoms with Crippen LogP contribution in [0.4, 0.5) is 0 Å². The van der Waals surface area contributed by atoms with E-state index in [0.717, 1.165) is 12.8 Å². The monoisotopic (exact) mass is 283 g/mol. The maximum atomic E-state index is 12.4. The van der Waals surface area contributed by atoms with Crippen LogP contribution in [0.15, 0.2) is 35.2 Å². The summed E-state index contributed by atoms with van der Waals surface area (Å²) in [5.41, 5.74) is 0. The molecule has 5 heteroatoms. The number of sulfonamides is 1. The molecule has 4 nitrogen and oxygen atoms in total. The smallest absolute Gasteiger partial charge is 0.243 e. The SMILES string of the molecule is CC(C)OC1CCN(S(=O)(=O)c2ccccc2)CC1. The minimum Gasteiger partial charge on any atom is -0.375 e. The molecule has 0 radical (unpaired) electrons. The quantitative estimate of drug-likeness (QED) is 0.851. The maximum Gasteiger partial charge on any atom is 0.243 e. The molecule has 106 valence electrons. The lowest BCUT2D eigenvalue weighted by molar-refractivity contribution is -0.0168. The zero-order valence-electron chi connectivity index (χ0n) is 11.5. The van der Waals surface area contributed by atoms with Gasteiger partial charge in [0, 0.05) is 13.1 Å².